The van der Waals surface area contributed by atoms with Crippen molar-refractivity contribution in [1.82, 2.24) is 4.90 Å². The molecule has 0 spiro atoms. The van der Waals surface area contributed by atoms with E-state index in [0.717, 1.165) is 18.4 Å². The molecule has 0 radical (unpaired) electrons. The Labute approximate surface area is 108 Å². The van der Waals surface area contributed by atoms with E-state index >= 15 is 0 Å². The van der Waals surface area contributed by atoms with Crippen molar-refractivity contribution in [2.75, 3.05) is 0 Å². The summed E-state index contributed by atoms with van der Waals surface area (Å²) in [5, 5.41) is 0. The van der Waals surface area contributed by atoms with Crippen LogP contribution in [0.2, 0.25) is 0 Å². The average Bonchev–Trinajstić information content (AvgIpc) is 3.08. The Morgan fingerprint density at radius 2 is 2.06 bits per heavy atom. The topological polar surface area (TPSA) is 37.4 Å². The van der Waals surface area contributed by atoms with Crippen LogP contribution in [0.3, 0.4) is 0 Å². The summed E-state index contributed by atoms with van der Waals surface area (Å²) < 4.78 is 0. The Kier molecular flexibility index (Phi) is 3.80. The monoisotopic (exact) mass is 245 g/mol. The number of rotatable bonds is 5. The molecule has 0 saturated heterocycles. The second kappa shape index (κ2) is 5.34. The highest BCUT2D eigenvalue weighted by Gasteiger charge is 2.32. The third kappa shape index (κ3) is 3.42. The maximum Gasteiger partial charge on any atom is 0.230 e. The van der Waals surface area contributed by atoms with E-state index in [1.165, 1.54) is 12.5 Å². The van der Waals surface area contributed by atoms with Crippen LogP contribution in [0.25, 0.3) is 0 Å². The molecule has 0 aliphatic heterocycles. The molecule has 18 heavy (non-hydrogen) atoms. The molecular formula is C15H19NO2. The van der Waals surface area contributed by atoms with E-state index in [1.54, 1.807) is 0 Å². The fourth-order valence-electron chi connectivity index (χ4n) is 2.13. The quantitative estimate of drug-likeness (QED) is 0.747. The second-order valence-corrected chi connectivity index (χ2v) is 5.12. The summed E-state index contributed by atoms with van der Waals surface area (Å²) in [4.78, 5) is 24.9. The van der Waals surface area contributed by atoms with Crippen LogP contribution in [-0.2, 0) is 16.1 Å². The molecule has 1 fully saturated rings. The van der Waals surface area contributed by atoms with Crippen molar-refractivity contribution < 1.29 is 9.59 Å². The molecule has 0 heterocycles. The minimum absolute atomic E-state index is 0.0301. The van der Waals surface area contributed by atoms with Crippen molar-refractivity contribution in [1.29, 1.82) is 0 Å². The van der Waals surface area contributed by atoms with Gasteiger partial charge in [0.2, 0.25) is 5.91 Å². The van der Waals surface area contributed by atoms with Crippen LogP contribution in [0, 0.1) is 6.92 Å². The van der Waals surface area contributed by atoms with Gasteiger partial charge in [-0.25, -0.2) is 0 Å². The van der Waals surface area contributed by atoms with Gasteiger partial charge in [-0.3, -0.25) is 9.59 Å². The first kappa shape index (κ1) is 12.8. The predicted octanol–water partition coefficient (Wildman–Crippen LogP) is 2.47. The van der Waals surface area contributed by atoms with Gasteiger partial charge in [0.25, 0.3) is 0 Å². The number of carbonyl (C=O) groups excluding carboxylic acids is 2. The largest absolute Gasteiger partial charge is 0.335 e. The molecule has 3 heteroatoms. The number of carbonyl (C=O) groups is 2. The molecule has 0 bridgehead atoms. The normalized spacial score (nSPS) is 14.3. The number of aryl methyl sites for hydroxylation is 1. The van der Waals surface area contributed by atoms with E-state index in [1.807, 2.05) is 30.0 Å². The third-order valence-electron chi connectivity index (χ3n) is 3.14. The Balaban J connectivity index is 2.06. The van der Waals surface area contributed by atoms with Crippen LogP contribution in [0.4, 0.5) is 0 Å². The molecule has 1 amide bonds. The summed E-state index contributed by atoms with van der Waals surface area (Å²) in [5.41, 5.74) is 2.33. The number of Topliss-reactive ketones (excluding diaryl/α,β-unsaturated/α-hetero) is 1. The van der Waals surface area contributed by atoms with Crippen LogP contribution >= 0.6 is 0 Å². The van der Waals surface area contributed by atoms with Crippen molar-refractivity contribution in [2.45, 2.75) is 45.7 Å². The predicted molar refractivity (Wildman–Crippen MR) is 70.0 cm³/mol. The summed E-state index contributed by atoms with van der Waals surface area (Å²) in [5.74, 6) is -0.0959. The van der Waals surface area contributed by atoms with Crippen molar-refractivity contribution in [2.24, 2.45) is 0 Å². The Bertz CT molecular complexity index is 463. The Hall–Kier alpha value is -1.64. The van der Waals surface area contributed by atoms with Crippen LogP contribution in [0.1, 0.15) is 37.3 Å². The zero-order valence-electron chi connectivity index (χ0n) is 11.0. The molecule has 0 aromatic heterocycles. The summed E-state index contributed by atoms with van der Waals surface area (Å²) in [6, 6.07) is 8.52. The molecule has 1 aromatic rings. The fourth-order valence-corrected chi connectivity index (χ4v) is 2.13. The molecule has 1 aliphatic carbocycles. The Morgan fingerprint density at radius 1 is 1.33 bits per heavy atom. The molecular weight excluding hydrogens is 226 g/mol. The SMILES string of the molecule is CC(=O)CC(=O)N(Cc1cccc(C)c1)C1CC1. The van der Waals surface area contributed by atoms with Gasteiger partial charge in [0.05, 0.1) is 6.42 Å². The highest BCUT2D eigenvalue weighted by atomic mass is 16.2. The zero-order valence-corrected chi connectivity index (χ0v) is 11.0. The van der Waals surface area contributed by atoms with Crippen molar-refractivity contribution >= 4 is 11.7 Å². The van der Waals surface area contributed by atoms with Gasteiger partial charge in [0, 0.05) is 12.6 Å². The van der Waals surface area contributed by atoms with Crippen LogP contribution in [0.15, 0.2) is 24.3 Å². The minimum atomic E-state index is -0.0603. The van der Waals surface area contributed by atoms with Gasteiger partial charge in [-0.15, -0.1) is 0 Å². The first-order valence-corrected chi connectivity index (χ1v) is 6.40. The number of ketones is 1. The maximum absolute atomic E-state index is 12.0. The minimum Gasteiger partial charge on any atom is -0.335 e. The average molecular weight is 245 g/mol. The molecule has 0 N–H and O–H groups in total. The summed E-state index contributed by atoms with van der Waals surface area (Å²) in [6.07, 6.45) is 2.16. The first-order chi connectivity index (χ1) is 8.56. The maximum atomic E-state index is 12.0. The molecule has 96 valence electrons. The highest BCUT2D eigenvalue weighted by Crippen LogP contribution is 2.29. The summed E-state index contributed by atoms with van der Waals surface area (Å²) >= 11 is 0. The molecule has 1 saturated carbocycles. The lowest BCUT2D eigenvalue weighted by molar-refractivity contribution is -0.135. The standard InChI is InChI=1S/C15H19NO2/c1-11-4-3-5-13(8-11)10-16(14-6-7-14)15(18)9-12(2)17/h3-5,8,14H,6-7,9-10H2,1-2H3. The van der Waals surface area contributed by atoms with Crippen molar-refractivity contribution in [3.8, 4) is 0 Å². The summed E-state index contributed by atoms with van der Waals surface area (Å²) in [7, 11) is 0. The molecule has 2 rings (SSSR count). The van der Waals surface area contributed by atoms with Gasteiger partial charge < -0.3 is 4.90 Å². The van der Waals surface area contributed by atoms with Gasteiger partial charge in [-0.1, -0.05) is 29.8 Å². The van der Waals surface area contributed by atoms with E-state index in [4.69, 9.17) is 0 Å². The van der Waals surface area contributed by atoms with Crippen LogP contribution in [-0.4, -0.2) is 22.6 Å². The van der Waals surface area contributed by atoms with E-state index in [2.05, 4.69) is 6.07 Å². The van der Waals surface area contributed by atoms with Gasteiger partial charge in [-0.2, -0.15) is 0 Å². The molecule has 0 unspecified atom stereocenters. The van der Waals surface area contributed by atoms with E-state index < -0.39 is 0 Å². The van der Waals surface area contributed by atoms with Crippen molar-refractivity contribution in [3.63, 3.8) is 0 Å². The van der Waals surface area contributed by atoms with Crippen LogP contribution in [0.5, 0.6) is 0 Å². The molecule has 1 aromatic carbocycles. The second-order valence-electron chi connectivity index (χ2n) is 5.12. The number of benzene rings is 1. The van der Waals surface area contributed by atoms with Crippen molar-refractivity contribution in [3.05, 3.63) is 35.4 Å². The summed E-state index contributed by atoms with van der Waals surface area (Å²) in [6.45, 7) is 4.14. The first-order valence-electron chi connectivity index (χ1n) is 6.40. The number of nitrogens with zero attached hydrogens (tertiary/aromatic N) is 1. The molecule has 3 nitrogen and oxygen atoms in total. The van der Waals surface area contributed by atoms with Gasteiger partial charge in [0.15, 0.2) is 0 Å². The number of amides is 1. The highest BCUT2D eigenvalue weighted by molar-refractivity contribution is 5.97. The number of hydrogen-bond donors (Lipinski definition) is 0. The van der Waals surface area contributed by atoms with E-state index in [-0.39, 0.29) is 18.1 Å². The lowest BCUT2D eigenvalue weighted by Gasteiger charge is -2.22. The Morgan fingerprint density at radius 3 is 2.61 bits per heavy atom. The van der Waals surface area contributed by atoms with Gasteiger partial charge in [-0.05, 0) is 32.3 Å². The number of hydrogen-bond acceptors (Lipinski definition) is 2. The van der Waals surface area contributed by atoms with E-state index in [0.29, 0.717) is 12.6 Å². The van der Waals surface area contributed by atoms with Gasteiger partial charge in [0.1, 0.15) is 5.78 Å². The van der Waals surface area contributed by atoms with Crippen LogP contribution < -0.4 is 0 Å². The third-order valence-corrected chi connectivity index (χ3v) is 3.14. The fraction of sp³-hybridized carbons (Fsp3) is 0.467. The zero-order chi connectivity index (χ0) is 13.1. The van der Waals surface area contributed by atoms with Gasteiger partial charge >= 0.3 is 0 Å². The smallest absolute Gasteiger partial charge is 0.230 e. The van der Waals surface area contributed by atoms with E-state index in [9.17, 15) is 9.59 Å². The molecule has 0 atom stereocenters. The lowest BCUT2D eigenvalue weighted by atomic mass is 10.1. The molecule has 1 aliphatic rings. The lowest BCUT2D eigenvalue weighted by Crippen LogP contribution is -2.33.